The van der Waals surface area contributed by atoms with E-state index < -0.39 is 11.2 Å². The average molecular weight is 537 g/mol. The fourth-order valence-electron chi connectivity index (χ4n) is 5.42. The highest BCUT2D eigenvalue weighted by atomic mass is 35.5. The van der Waals surface area contributed by atoms with Crippen molar-refractivity contribution in [1.82, 2.24) is 18.9 Å². The Labute approximate surface area is 224 Å². The van der Waals surface area contributed by atoms with Gasteiger partial charge in [0.1, 0.15) is 12.3 Å². The Balaban J connectivity index is 1.28. The zero-order valence-electron chi connectivity index (χ0n) is 21.1. The highest BCUT2D eigenvalue weighted by Gasteiger charge is 2.31. The molecule has 3 heterocycles. The van der Waals surface area contributed by atoms with E-state index in [0.29, 0.717) is 38.9 Å². The number of benzene rings is 2. The molecule has 1 N–H and O–H groups in total. The molecule has 198 valence electrons. The summed E-state index contributed by atoms with van der Waals surface area (Å²) < 4.78 is 2.10. The first-order valence-corrected chi connectivity index (χ1v) is 13.0. The second-order valence-electron chi connectivity index (χ2n) is 9.85. The molecule has 0 aliphatic carbocycles. The standard InChI is InChI=1S/C28H29ClN4O5/c1-30-27(37)22(21-7-4-8-23(29)26(21)36)16-32(28(30)38)17-25(35)31-12-10-20(11-13-31)33-14-9-18-5-2-3-6-19(18)15-24(33)34/h2-8,16,20,36H,9-15,17H2,1H3. The number of aromatic hydroxyl groups is 1. The molecule has 0 atom stereocenters. The molecule has 3 aromatic rings. The predicted molar refractivity (Wildman–Crippen MR) is 143 cm³/mol. The molecule has 0 radical (unpaired) electrons. The van der Waals surface area contributed by atoms with Crippen molar-refractivity contribution in [2.75, 3.05) is 19.6 Å². The molecule has 5 rings (SSSR count). The summed E-state index contributed by atoms with van der Waals surface area (Å²) in [5, 5.41) is 10.4. The number of hydrogen-bond donors (Lipinski definition) is 1. The third-order valence-corrected chi connectivity index (χ3v) is 7.90. The Kier molecular flexibility index (Phi) is 7.12. The van der Waals surface area contributed by atoms with Gasteiger partial charge in [-0.25, -0.2) is 4.79 Å². The lowest BCUT2D eigenvalue weighted by atomic mass is 10.0. The van der Waals surface area contributed by atoms with Crippen molar-refractivity contribution in [2.24, 2.45) is 7.05 Å². The van der Waals surface area contributed by atoms with Gasteiger partial charge < -0.3 is 14.9 Å². The minimum Gasteiger partial charge on any atom is -0.506 e. The maximum Gasteiger partial charge on any atom is 0.331 e. The minimum absolute atomic E-state index is 0.0681. The predicted octanol–water partition coefficient (Wildman–Crippen LogP) is 2.19. The highest BCUT2D eigenvalue weighted by molar-refractivity contribution is 6.32. The molecular weight excluding hydrogens is 508 g/mol. The normalized spacial score (nSPS) is 16.3. The zero-order valence-corrected chi connectivity index (χ0v) is 21.9. The molecule has 1 aromatic heterocycles. The van der Waals surface area contributed by atoms with Gasteiger partial charge in [-0.05, 0) is 36.5 Å². The molecule has 9 nitrogen and oxygen atoms in total. The van der Waals surface area contributed by atoms with Crippen LogP contribution in [0.5, 0.6) is 5.75 Å². The Hall–Kier alpha value is -3.85. The molecule has 1 fully saturated rings. The van der Waals surface area contributed by atoms with E-state index in [4.69, 9.17) is 11.6 Å². The quantitative estimate of drug-likeness (QED) is 0.550. The van der Waals surface area contributed by atoms with Gasteiger partial charge in [0.2, 0.25) is 11.8 Å². The van der Waals surface area contributed by atoms with E-state index in [1.54, 1.807) is 11.0 Å². The summed E-state index contributed by atoms with van der Waals surface area (Å²) in [6.07, 6.45) is 3.85. The van der Waals surface area contributed by atoms with Crippen LogP contribution in [-0.4, -0.2) is 61.5 Å². The van der Waals surface area contributed by atoms with E-state index in [1.165, 1.54) is 35.5 Å². The van der Waals surface area contributed by atoms with E-state index in [0.717, 1.165) is 16.6 Å². The van der Waals surface area contributed by atoms with Crippen molar-refractivity contribution in [2.45, 2.75) is 38.3 Å². The Morgan fingerprint density at radius 3 is 2.42 bits per heavy atom. The van der Waals surface area contributed by atoms with Crippen LogP contribution in [-0.2, 0) is 36.0 Å². The smallest absolute Gasteiger partial charge is 0.331 e. The summed E-state index contributed by atoms with van der Waals surface area (Å²) >= 11 is 6.01. The average Bonchev–Trinajstić information content (AvgIpc) is 3.09. The number of nitrogens with zero attached hydrogens (tertiary/aromatic N) is 4. The molecule has 2 aliphatic rings. The van der Waals surface area contributed by atoms with Gasteiger partial charge >= 0.3 is 5.69 Å². The van der Waals surface area contributed by atoms with Crippen LogP contribution >= 0.6 is 11.6 Å². The summed E-state index contributed by atoms with van der Waals surface area (Å²) in [4.78, 5) is 55.4. The number of halogens is 1. The summed E-state index contributed by atoms with van der Waals surface area (Å²) in [6, 6.07) is 12.7. The number of carbonyl (C=O) groups excluding carboxylic acids is 2. The van der Waals surface area contributed by atoms with Crippen LogP contribution in [0.2, 0.25) is 5.02 Å². The number of aromatic nitrogens is 2. The first-order valence-electron chi connectivity index (χ1n) is 12.7. The van der Waals surface area contributed by atoms with Gasteiger partial charge in [0.15, 0.2) is 0 Å². The molecule has 0 spiro atoms. The number of amides is 2. The fourth-order valence-corrected chi connectivity index (χ4v) is 5.59. The molecular formula is C28H29ClN4O5. The molecule has 2 aromatic carbocycles. The third kappa shape index (κ3) is 4.86. The molecule has 0 bridgehead atoms. The molecule has 2 aliphatic heterocycles. The van der Waals surface area contributed by atoms with Crippen molar-refractivity contribution in [1.29, 1.82) is 0 Å². The van der Waals surface area contributed by atoms with Gasteiger partial charge in [0.05, 0.1) is 17.0 Å². The highest BCUT2D eigenvalue weighted by Crippen LogP contribution is 2.33. The monoisotopic (exact) mass is 536 g/mol. The van der Waals surface area contributed by atoms with Crippen molar-refractivity contribution in [3.8, 4) is 16.9 Å². The minimum atomic E-state index is -0.627. The van der Waals surface area contributed by atoms with Gasteiger partial charge in [0, 0.05) is 44.5 Å². The van der Waals surface area contributed by atoms with Crippen LogP contribution in [0.25, 0.3) is 11.1 Å². The summed E-state index contributed by atoms with van der Waals surface area (Å²) in [6.45, 7) is 1.37. The van der Waals surface area contributed by atoms with Crippen molar-refractivity contribution in [3.05, 3.63) is 85.6 Å². The lowest BCUT2D eigenvalue weighted by Gasteiger charge is -2.38. The largest absolute Gasteiger partial charge is 0.506 e. The Morgan fingerprint density at radius 2 is 1.68 bits per heavy atom. The number of piperidine rings is 1. The summed E-state index contributed by atoms with van der Waals surface area (Å²) in [7, 11) is 1.33. The second-order valence-corrected chi connectivity index (χ2v) is 10.3. The van der Waals surface area contributed by atoms with Crippen LogP contribution in [0.1, 0.15) is 24.0 Å². The number of carbonyl (C=O) groups is 2. The maximum atomic E-state index is 13.2. The van der Waals surface area contributed by atoms with E-state index in [-0.39, 0.29) is 46.3 Å². The van der Waals surface area contributed by atoms with Crippen LogP contribution in [0.3, 0.4) is 0 Å². The molecule has 0 saturated carbocycles. The first-order chi connectivity index (χ1) is 18.2. The zero-order chi connectivity index (χ0) is 27.0. The van der Waals surface area contributed by atoms with Crippen LogP contribution in [0.4, 0.5) is 0 Å². The first kappa shape index (κ1) is 25.8. The number of fused-ring (bicyclic) bond motifs is 1. The summed E-state index contributed by atoms with van der Waals surface area (Å²) in [5.74, 6) is -0.399. The topological polar surface area (TPSA) is 105 Å². The fraction of sp³-hybridized carbons (Fsp3) is 0.357. The lowest BCUT2D eigenvalue weighted by Crippen LogP contribution is -2.50. The van der Waals surface area contributed by atoms with Crippen molar-refractivity contribution >= 4 is 23.4 Å². The Morgan fingerprint density at radius 1 is 0.974 bits per heavy atom. The van der Waals surface area contributed by atoms with Gasteiger partial charge in [-0.2, -0.15) is 0 Å². The van der Waals surface area contributed by atoms with E-state index in [2.05, 4.69) is 6.07 Å². The molecule has 0 unspecified atom stereocenters. The number of para-hydroxylation sites is 1. The van der Waals surface area contributed by atoms with Crippen molar-refractivity contribution < 1.29 is 14.7 Å². The molecule has 1 saturated heterocycles. The second kappa shape index (κ2) is 10.5. The number of hydrogen-bond acceptors (Lipinski definition) is 5. The van der Waals surface area contributed by atoms with Gasteiger partial charge in [0.25, 0.3) is 5.56 Å². The Bertz CT molecular complexity index is 1520. The van der Waals surface area contributed by atoms with E-state index in [1.807, 2.05) is 23.1 Å². The number of likely N-dealkylation sites (tertiary alicyclic amines) is 1. The van der Waals surface area contributed by atoms with E-state index in [9.17, 15) is 24.3 Å². The molecule has 10 heteroatoms. The number of phenols is 1. The summed E-state index contributed by atoms with van der Waals surface area (Å²) in [5.41, 5.74) is 1.33. The SMILES string of the molecule is Cn1c(=O)c(-c2cccc(Cl)c2O)cn(CC(=O)N2CCC(N3CCc4ccccc4CC3=O)CC2)c1=O. The van der Waals surface area contributed by atoms with E-state index >= 15 is 0 Å². The van der Waals surface area contributed by atoms with Crippen LogP contribution in [0.15, 0.2) is 58.3 Å². The third-order valence-electron chi connectivity index (χ3n) is 7.60. The van der Waals surface area contributed by atoms with Gasteiger partial charge in [-0.15, -0.1) is 0 Å². The maximum absolute atomic E-state index is 13.2. The number of phenolic OH excluding ortho intramolecular Hbond substituents is 1. The van der Waals surface area contributed by atoms with Gasteiger partial charge in [-0.1, -0.05) is 48.0 Å². The van der Waals surface area contributed by atoms with Crippen LogP contribution in [0, 0.1) is 0 Å². The lowest BCUT2D eigenvalue weighted by molar-refractivity contribution is -0.136. The van der Waals surface area contributed by atoms with Crippen molar-refractivity contribution in [3.63, 3.8) is 0 Å². The van der Waals surface area contributed by atoms with Gasteiger partial charge in [-0.3, -0.25) is 23.5 Å². The number of rotatable bonds is 4. The molecule has 2 amide bonds. The van der Waals surface area contributed by atoms with Crippen LogP contribution < -0.4 is 11.2 Å². The molecule has 38 heavy (non-hydrogen) atoms.